The molecule has 5 nitrogen and oxygen atoms in total. The van der Waals surface area contributed by atoms with Gasteiger partial charge in [-0.1, -0.05) is 0 Å². The van der Waals surface area contributed by atoms with Gasteiger partial charge >= 0.3 is 0 Å². The molecular formula is C10H10N2O3S2. The van der Waals surface area contributed by atoms with Gasteiger partial charge in [-0.25, -0.2) is 8.42 Å². The van der Waals surface area contributed by atoms with E-state index in [1.54, 1.807) is 11.4 Å². The summed E-state index contributed by atoms with van der Waals surface area (Å²) in [5, 5.41) is 13.6. The number of sulfone groups is 1. The summed E-state index contributed by atoms with van der Waals surface area (Å²) in [6.07, 6.45) is 0.363. The van der Waals surface area contributed by atoms with Crippen LogP contribution in [-0.2, 0) is 14.6 Å². The SMILES string of the molecule is N#Cc1ccsc1NC(=O)[C@H]1CCS(=O)(=O)C1. The quantitative estimate of drug-likeness (QED) is 0.868. The van der Waals surface area contributed by atoms with Crippen molar-refractivity contribution < 1.29 is 13.2 Å². The smallest absolute Gasteiger partial charge is 0.229 e. The standard InChI is InChI=1S/C10H10N2O3S2/c11-5-7-1-3-16-10(7)12-9(13)8-2-4-17(14,15)6-8/h1,3,8H,2,4,6H2,(H,12,13)/t8-/m0/s1. The number of amides is 1. The van der Waals surface area contributed by atoms with Crippen LogP contribution in [0.1, 0.15) is 12.0 Å². The van der Waals surface area contributed by atoms with Gasteiger partial charge in [-0.3, -0.25) is 4.79 Å². The molecular weight excluding hydrogens is 260 g/mol. The fourth-order valence-corrected chi connectivity index (χ4v) is 4.19. The van der Waals surface area contributed by atoms with E-state index in [0.29, 0.717) is 17.0 Å². The molecule has 0 radical (unpaired) electrons. The minimum Gasteiger partial charge on any atom is -0.316 e. The van der Waals surface area contributed by atoms with Crippen molar-refractivity contribution >= 4 is 32.1 Å². The minimum atomic E-state index is -3.06. The molecule has 0 aliphatic carbocycles. The van der Waals surface area contributed by atoms with Crippen LogP contribution in [0.5, 0.6) is 0 Å². The predicted octanol–water partition coefficient (Wildman–Crippen LogP) is 0.993. The summed E-state index contributed by atoms with van der Waals surface area (Å²) < 4.78 is 22.5. The molecule has 7 heteroatoms. The Balaban J connectivity index is 2.06. The Morgan fingerprint density at radius 3 is 2.94 bits per heavy atom. The summed E-state index contributed by atoms with van der Waals surface area (Å²) in [6.45, 7) is 0. The summed E-state index contributed by atoms with van der Waals surface area (Å²) >= 11 is 1.26. The van der Waals surface area contributed by atoms with Crippen molar-refractivity contribution in [1.82, 2.24) is 0 Å². The fourth-order valence-electron chi connectivity index (χ4n) is 1.71. The Labute approximate surface area is 103 Å². The van der Waals surface area contributed by atoms with Crippen LogP contribution in [0.3, 0.4) is 0 Å². The molecule has 1 fully saturated rings. The van der Waals surface area contributed by atoms with Crippen molar-refractivity contribution in [3.8, 4) is 6.07 Å². The lowest BCUT2D eigenvalue weighted by molar-refractivity contribution is -0.119. The molecule has 2 rings (SSSR count). The molecule has 2 heterocycles. The first kappa shape index (κ1) is 12.1. The highest BCUT2D eigenvalue weighted by Gasteiger charge is 2.33. The van der Waals surface area contributed by atoms with Gasteiger partial charge in [-0.15, -0.1) is 11.3 Å². The second-order valence-corrected chi connectivity index (χ2v) is 7.01. The van der Waals surface area contributed by atoms with E-state index in [2.05, 4.69) is 5.32 Å². The van der Waals surface area contributed by atoms with Crippen LogP contribution in [0.2, 0.25) is 0 Å². The summed E-state index contributed by atoms with van der Waals surface area (Å²) in [7, 11) is -3.06. The summed E-state index contributed by atoms with van der Waals surface area (Å²) in [5.41, 5.74) is 0.407. The van der Waals surface area contributed by atoms with Crippen LogP contribution < -0.4 is 5.32 Å². The lowest BCUT2D eigenvalue weighted by Crippen LogP contribution is -2.23. The molecule has 0 spiro atoms. The number of thiophene rings is 1. The highest BCUT2D eigenvalue weighted by Crippen LogP contribution is 2.25. The van der Waals surface area contributed by atoms with E-state index in [0.717, 1.165) is 0 Å². The first-order valence-corrected chi connectivity index (χ1v) is 7.71. The average Bonchev–Trinajstić information content (AvgIpc) is 2.84. The topological polar surface area (TPSA) is 87.0 Å². The van der Waals surface area contributed by atoms with Crippen LogP contribution >= 0.6 is 11.3 Å². The van der Waals surface area contributed by atoms with E-state index in [-0.39, 0.29) is 17.4 Å². The van der Waals surface area contributed by atoms with Crippen molar-refractivity contribution in [3.63, 3.8) is 0 Å². The maximum Gasteiger partial charge on any atom is 0.229 e. The third kappa shape index (κ3) is 2.65. The molecule has 90 valence electrons. The van der Waals surface area contributed by atoms with Gasteiger partial charge in [0.1, 0.15) is 11.1 Å². The zero-order chi connectivity index (χ0) is 12.5. The molecule has 1 atom stereocenters. The Kier molecular flexibility index (Phi) is 3.17. The van der Waals surface area contributed by atoms with E-state index in [9.17, 15) is 13.2 Å². The van der Waals surface area contributed by atoms with Gasteiger partial charge < -0.3 is 5.32 Å². The van der Waals surface area contributed by atoms with Crippen LogP contribution in [-0.4, -0.2) is 25.8 Å². The zero-order valence-electron chi connectivity index (χ0n) is 8.84. The number of hydrogen-bond donors (Lipinski definition) is 1. The molecule has 1 aromatic rings. The van der Waals surface area contributed by atoms with E-state index in [4.69, 9.17) is 5.26 Å². The van der Waals surface area contributed by atoms with Crippen molar-refractivity contribution in [2.75, 3.05) is 16.8 Å². The first-order chi connectivity index (χ1) is 8.02. The second kappa shape index (κ2) is 4.47. The maximum absolute atomic E-state index is 11.8. The van der Waals surface area contributed by atoms with E-state index < -0.39 is 15.8 Å². The van der Waals surface area contributed by atoms with Gasteiger partial charge in [0, 0.05) is 0 Å². The lowest BCUT2D eigenvalue weighted by Gasteiger charge is -2.07. The lowest BCUT2D eigenvalue weighted by atomic mass is 10.1. The number of anilines is 1. The molecule has 1 amide bonds. The van der Waals surface area contributed by atoms with Crippen LogP contribution in [0, 0.1) is 17.2 Å². The van der Waals surface area contributed by atoms with E-state index in [1.165, 1.54) is 11.3 Å². The number of nitrogens with zero attached hydrogens (tertiary/aromatic N) is 1. The second-order valence-electron chi connectivity index (χ2n) is 3.86. The Bertz CT molecular complexity index is 583. The van der Waals surface area contributed by atoms with Crippen molar-refractivity contribution in [2.24, 2.45) is 5.92 Å². The number of nitrogens with one attached hydrogen (secondary N) is 1. The van der Waals surface area contributed by atoms with Gasteiger partial charge in [0.05, 0.1) is 23.0 Å². The highest BCUT2D eigenvalue weighted by atomic mass is 32.2. The summed E-state index contributed by atoms with van der Waals surface area (Å²) in [6, 6.07) is 3.58. The van der Waals surface area contributed by atoms with Gasteiger partial charge in [-0.05, 0) is 17.9 Å². The Morgan fingerprint density at radius 2 is 2.35 bits per heavy atom. The Morgan fingerprint density at radius 1 is 1.59 bits per heavy atom. The molecule has 17 heavy (non-hydrogen) atoms. The van der Waals surface area contributed by atoms with Gasteiger partial charge in [0.2, 0.25) is 5.91 Å². The fraction of sp³-hybridized carbons (Fsp3) is 0.400. The number of hydrogen-bond acceptors (Lipinski definition) is 5. The molecule has 0 aromatic carbocycles. The molecule has 1 saturated heterocycles. The monoisotopic (exact) mass is 270 g/mol. The zero-order valence-corrected chi connectivity index (χ0v) is 10.5. The molecule has 0 unspecified atom stereocenters. The summed E-state index contributed by atoms with van der Waals surface area (Å²) in [4.78, 5) is 11.8. The van der Waals surface area contributed by atoms with Crippen molar-refractivity contribution in [2.45, 2.75) is 6.42 Å². The highest BCUT2D eigenvalue weighted by molar-refractivity contribution is 7.91. The van der Waals surface area contributed by atoms with Crippen molar-refractivity contribution in [3.05, 3.63) is 17.0 Å². The molecule has 0 saturated carbocycles. The first-order valence-electron chi connectivity index (χ1n) is 5.01. The van der Waals surface area contributed by atoms with Crippen LogP contribution in [0.4, 0.5) is 5.00 Å². The van der Waals surface area contributed by atoms with E-state index in [1.807, 2.05) is 6.07 Å². The molecule has 1 aliphatic heterocycles. The number of carbonyl (C=O) groups is 1. The van der Waals surface area contributed by atoms with Crippen LogP contribution in [0.15, 0.2) is 11.4 Å². The Hall–Kier alpha value is -1.39. The molecule has 1 aromatic heterocycles. The largest absolute Gasteiger partial charge is 0.316 e. The van der Waals surface area contributed by atoms with Crippen molar-refractivity contribution in [1.29, 1.82) is 5.26 Å². The average molecular weight is 270 g/mol. The number of nitriles is 1. The van der Waals surface area contributed by atoms with Gasteiger partial charge in [0.15, 0.2) is 9.84 Å². The number of rotatable bonds is 2. The third-order valence-electron chi connectivity index (χ3n) is 2.63. The van der Waals surface area contributed by atoms with E-state index >= 15 is 0 Å². The summed E-state index contributed by atoms with van der Waals surface area (Å²) in [5.74, 6) is -0.828. The number of carbonyl (C=O) groups excluding carboxylic acids is 1. The minimum absolute atomic E-state index is 0.0701. The van der Waals surface area contributed by atoms with Gasteiger partial charge in [0.25, 0.3) is 0 Å². The maximum atomic E-state index is 11.8. The third-order valence-corrected chi connectivity index (χ3v) is 5.22. The molecule has 0 bridgehead atoms. The predicted molar refractivity (Wildman–Crippen MR) is 64.4 cm³/mol. The normalized spacial score (nSPS) is 21.9. The van der Waals surface area contributed by atoms with Crippen LogP contribution in [0.25, 0.3) is 0 Å². The molecule has 1 N–H and O–H groups in total. The van der Waals surface area contributed by atoms with Gasteiger partial charge in [-0.2, -0.15) is 5.26 Å². The molecule has 1 aliphatic rings.